The molecular formula is C17H20N2O4S. The summed E-state index contributed by atoms with van der Waals surface area (Å²) in [5, 5.41) is 0.971. The first-order valence-electron chi connectivity index (χ1n) is 8.00. The summed E-state index contributed by atoms with van der Waals surface area (Å²) in [6, 6.07) is 8.95. The van der Waals surface area contributed by atoms with Gasteiger partial charge >= 0.3 is 0 Å². The highest BCUT2D eigenvalue weighted by molar-refractivity contribution is 7.93. The highest BCUT2D eigenvalue weighted by Crippen LogP contribution is 2.32. The molecule has 2 amide bonds. The lowest BCUT2D eigenvalue weighted by atomic mass is 10.1. The monoisotopic (exact) mass is 348 g/mol. The zero-order valence-electron chi connectivity index (χ0n) is 13.2. The van der Waals surface area contributed by atoms with Crippen LogP contribution in [0.4, 0.5) is 0 Å². The van der Waals surface area contributed by atoms with Gasteiger partial charge in [0.05, 0.1) is 11.3 Å². The van der Waals surface area contributed by atoms with Gasteiger partial charge < -0.3 is 4.90 Å². The Morgan fingerprint density at radius 2 is 1.96 bits per heavy atom. The van der Waals surface area contributed by atoms with Crippen LogP contribution in [-0.2, 0) is 19.6 Å². The molecule has 2 fully saturated rings. The van der Waals surface area contributed by atoms with Crippen molar-refractivity contribution >= 4 is 27.9 Å². The van der Waals surface area contributed by atoms with E-state index in [-0.39, 0.29) is 12.3 Å². The quantitative estimate of drug-likeness (QED) is 0.841. The number of amides is 2. The van der Waals surface area contributed by atoms with E-state index in [2.05, 4.69) is 0 Å². The molecule has 1 saturated heterocycles. The molecule has 2 aliphatic rings. The molecule has 1 N–H and O–H groups in total. The van der Waals surface area contributed by atoms with Gasteiger partial charge in [-0.2, -0.15) is 0 Å². The number of rotatable bonds is 6. The van der Waals surface area contributed by atoms with Gasteiger partial charge in [-0.3, -0.25) is 9.59 Å². The summed E-state index contributed by atoms with van der Waals surface area (Å²) in [4.78, 5) is 25.7. The Morgan fingerprint density at radius 1 is 1.25 bits per heavy atom. The molecular weight excluding hydrogens is 328 g/mol. The van der Waals surface area contributed by atoms with E-state index < -0.39 is 21.8 Å². The number of hydrogen-bond acceptors (Lipinski definition) is 4. The molecule has 7 heteroatoms. The van der Waals surface area contributed by atoms with Gasteiger partial charge in [-0.25, -0.2) is 13.1 Å². The number of carbonyl (C=O) groups is 2. The van der Waals surface area contributed by atoms with Crippen molar-refractivity contribution in [3.8, 4) is 0 Å². The predicted octanol–water partition coefficient (Wildman–Crippen LogP) is 1.36. The largest absolute Gasteiger partial charge is 0.342 e. The fraction of sp³-hybridized carbons (Fsp3) is 0.412. The average molecular weight is 348 g/mol. The smallest absolute Gasteiger partial charge is 0.257 e. The second-order valence-electron chi connectivity index (χ2n) is 6.37. The molecule has 1 heterocycles. The summed E-state index contributed by atoms with van der Waals surface area (Å²) in [6.45, 7) is 0.988. The number of likely N-dealkylation sites (tertiary alicyclic amines) is 1. The van der Waals surface area contributed by atoms with Crippen LogP contribution in [0.1, 0.15) is 24.8 Å². The first-order valence-corrected chi connectivity index (χ1v) is 9.55. The third-order valence-electron chi connectivity index (χ3n) is 4.24. The molecule has 1 aliphatic carbocycles. The van der Waals surface area contributed by atoms with Crippen molar-refractivity contribution in [2.45, 2.75) is 19.3 Å². The van der Waals surface area contributed by atoms with Gasteiger partial charge in [-0.1, -0.05) is 30.3 Å². The molecule has 128 valence electrons. The van der Waals surface area contributed by atoms with Crippen molar-refractivity contribution < 1.29 is 18.0 Å². The van der Waals surface area contributed by atoms with E-state index in [1.54, 1.807) is 29.2 Å². The highest BCUT2D eigenvalue weighted by atomic mass is 32.2. The Bertz CT molecular complexity index is 754. The number of benzene rings is 1. The van der Waals surface area contributed by atoms with Crippen LogP contribution < -0.4 is 4.72 Å². The van der Waals surface area contributed by atoms with E-state index in [1.165, 1.54) is 6.08 Å². The fourth-order valence-electron chi connectivity index (χ4n) is 2.73. The Hall–Kier alpha value is -2.15. The zero-order chi connectivity index (χ0) is 17.2. The summed E-state index contributed by atoms with van der Waals surface area (Å²) >= 11 is 0. The van der Waals surface area contributed by atoms with Crippen LogP contribution >= 0.6 is 0 Å². The predicted molar refractivity (Wildman–Crippen MR) is 89.9 cm³/mol. The van der Waals surface area contributed by atoms with Gasteiger partial charge in [-0.15, -0.1) is 0 Å². The first kappa shape index (κ1) is 16.7. The Balaban J connectivity index is 1.57. The van der Waals surface area contributed by atoms with Crippen molar-refractivity contribution in [3.05, 3.63) is 41.3 Å². The molecule has 0 spiro atoms. The third-order valence-corrected chi connectivity index (χ3v) is 5.22. The highest BCUT2D eigenvalue weighted by Gasteiger charge is 2.37. The second kappa shape index (κ2) is 6.76. The van der Waals surface area contributed by atoms with Crippen molar-refractivity contribution in [2.75, 3.05) is 13.1 Å². The van der Waals surface area contributed by atoms with Gasteiger partial charge in [0.2, 0.25) is 11.8 Å². The Kier molecular flexibility index (Phi) is 4.71. The van der Waals surface area contributed by atoms with Crippen LogP contribution in [0.3, 0.4) is 0 Å². The van der Waals surface area contributed by atoms with Crippen molar-refractivity contribution in [1.82, 2.24) is 9.62 Å². The van der Waals surface area contributed by atoms with Gasteiger partial charge in [0, 0.05) is 19.5 Å². The molecule has 0 radical (unpaired) electrons. The summed E-state index contributed by atoms with van der Waals surface area (Å²) in [7, 11) is -3.87. The van der Waals surface area contributed by atoms with Gasteiger partial charge in [0.15, 0.2) is 0 Å². The molecule has 1 atom stereocenters. The normalized spacial score (nSPS) is 21.4. The molecule has 24 heavy (non-hydrogen) atoms. The molecule has 0 aromatic heterocycles. The van der Waals surface area contributed by atoms with E-state index in [1.807, 2.05) is 10.8 Å². The minimum Gasteiger partial charge on any atom is -0.342 e. The van der Waals surface area contributed by atoms with Crippen LogP contribution in [0.5, 0.6) is 0 Å². The van der Waals surface area contributed by atoms with Crippen LogP contribution in [0.25, 0.3) is 6.08 Å². The topological polar surface area (TPSA) is 83.5 Å². The lowest BCUT2D eigenvalue weighted by Crippen LogP contribution is -2.36. The Labute approximate surface area is 141 Å². The van der Waals surface area contributed by atoms with Crippen LogP contribution in [0.15, 0.2) is 35.7 Å². The van der Waals surface area contributed by atoms with Crippen LogP contribution in [0.2, 0.25) is 0 Å². The third kappa shape index (κ3) is 4.44. The van der Waals surface area contributed by atoms with Crippen molar-refractivity contribution in [3.63, 3.8) is 0 Å². The van der Waals surface area contributed by atoms with Gasteiger partial charge in [-0.05, 0) is 30.4 Å². The second-order valence-corrected chi connectivity index (χ2v) is 7.93. The lowest BCUT2D eigenvalue weighted by molar-refractivity contribution is -0.128. The number of nitrogens with one attached hydrogen (secondary N) is 1. The number of carbonyl (C=O) groups excluding carboxylic acids is 2. The molecule has 1 saturated carbocycles. The molecule has 1 unspecified atom stereocenters. The minimum atomic E-state index is -3.87. The maximum absolute atomic E-state index is 12.2. The van der Waals surface area contributed by atoms with E-state index in [0.717, 1.165) is 23.8 Å². The maximum Gasteiger partial charge on any atom is 0.257 e. The zero-order valence-corrected chi connectivity index (χ0v) is 14.0. The van der Waals surface area contributed by atoms with Crippen molar-refractivity contribution in [1.29, 1.82) is 0 Å². The number of sulfonamides is 1. The summed E-state index contributed by atoms with van der Waals surface area (Å²) in [5.74, 6) is -0.733. The molecule has 1 aromatic carbocycles. The first-order chi connectivity index (χ1) is 11.4. The van der Waals surface area contributed by atoms with E-state index in [0.29, 0.717) is 19.0 Å². The lowest BCUT2D eigenvalue weighted by Gasteiger charge is -2.15. The molecule has 1 aromatic rings. The SMILES string of the molecule is O=C(NS(=O)(=O)/C=C/c1ccccc1)C1CC(=O)N(CC2CC2)C1. The molecule has 6 nitrogen and oxygen atoms in total. The van der Waals surface area contributed by atoms with Crippen LogP contribution in [-0.4, -0.2) is 38.2 Å². The molecule has 1 aliphatic heterocycles. The van der Waals surface area contributed by atoms with E-state index in [9.17, 15) is 18.0 Å². The summed E-state index contributed by atoms with van der Waals surface area (Å²) in [5.41, 5.74) is 0.724. The maximum atomic E-state index is 12.2. The molecule has 3 rings (SSSR count). The standard InChI is InChI=1S/C17H20N2O4S/c20-16-10-15(12-19(16)11-14-6-7-14)17(21)18-24(22,23)9-8-13-4-2-1-3-5-13/h1-5,8-9,14-15H,6-7,10-12H2,(H,18,21)/b9-8+. The average Bonchev–Trinajstić information content (AvgIpc) is 3.28. The Morgan fingerprint density at radius 3 is 2.62 bits per heavy atom. The van der Waals surface area contributed by atoms with Crippen LogP contribution in [0, 0.1) is 11.8 Å². The molecule has 0 bridgehead atoms. The van der Waals surface area contributed by atoms with E-state index in [4.69, 9.17) is 0 Å². The minimum absolute atomic E-state index is 0.0701. The van der Waals surface area contributed by atoms with E-state index >= 15 is 0 Å². The number of hydrogen-bond donors (Lipinski definition) is 1. The number of nitrogens with zero attached hydrogens (tertiary/aromatic N) is 1. The van der Waals surface area contributed by atoms with Gasteiger partial charge in [0.25, 0.3) is 10.0 Å². The van der Waals surface area contributed by atoms with Crippen molar-refractivity contribution in [2.24, 2.45) is 11.8 Å². The summed E-state index contributed by atoms with van der Waals surface area (Å²) < 4.78 is 26.1. The summed E-state index contributed by atoms with van der Waals surface area (Å²) in [6.07, 6.45) is 3.75. The van der Waals surface area contributed by atoms with Gasteiger partial charge in [0.1, 0.15) is 0 Å². The fourth-order valence-corrected chi connectivity index (χ4v) is 3.58.